The summed E-state index contributed by atoms with van der Waals surface area (Å²) in [6.07, 6.45) is 0. The second-order valence-electron chi connectivity index (χ2n) is 6.47. The molecule has 0 radical (unpaired) electrons. The summed E-state index contributed by atoms with van der Waals surface area (Å²) in [5, 5.41) is 6.83. The summed E-state index contributed by atoms with van der Waals surface area (Å²) >= 11 is 1.81. The topological polar surface area (TPSA) is 48.9 Å². The molecule has 1 aromatic heterocycles. The van der Waals surface area contributed by atoms with E-state index in [1.165, 1.54) is 9.75 Å². The minimum atomic E-state index is 0. The van der Waals surface area contributed by atoms with Crippen molar-refractivity contribution >= 4 is 41.3 Å². The fourth-order valence-corrected chi connectivity index (χ4v) is 3.46. The Kier molecular flexibility index (Phi) is 9.54. The Labute approximate surface area is 167 Å². The number of thiophene rings is 1. The van der Waals surface area contributed by atoms with Crippen molar-refractivity contribution in [2.24, 2.45) is 4.99 Å². The highest BCUT2D eigenvalue weighted by atomic mass is 127. The molecule has 0 unspecified atom stereocenters. The number of hydrogen-bond acceptors (Lipinski definition) is 4. The van der Waals surface area contributed by atoms with Gasteiger partial charge in [0.25, 0.3) is 0 Å². The molecule has 2 heterocycles. The van der Waals surface area contributed by atoms with E-state index in [2.05, 4.69) is 55.4 Å². The van der Waals surface area contributed by atoms with Gasteiger partial charge in [0.1, 0.15) is 0 Å². The van der Waals surface area contributed by atoms with Crippen LogP contribution in [0.15, 0.2) is 17.1 Å². The zero-order valence-electron chi connectivity index (χ0n) is 15.2. The van der Waals surface area contributed by atoms with Crippen molar-refractivity contribution < 1.29 is 4.74 Å². The Morgan fingerprint density at radius 2 is 2.00 bits per heavy atom. The van der Waals surface area contributed by atoms with Crippen LogP contribution in [0.2, 0.25) is 0 Å². The minimum absolute atomic E-state index is 0. The van der Waals surface area contributed by atoms with Crippen molar-refractivity contribution in [2.75, 3.05) is 39.4 Å². The molecule has 0 spiro atoms. The number of ether oxygens (including phenoxy) is 1. The molecule has 1 saturated heterocycles. The van der Waals surface area contributed by atoms with Gasteiger partial charge in [0.15, 0.2) is 5.96 Å². The first-order chi connectivity index (χ1) is 11.0. The number of morpholine rings is 1. The van der Waals surface area contributed by atoms with E-state index in [0.29, 0.717) is 0 Å². The second-order valence-corrected chi connectivity index (χ2v) is 7.85. The van der Waals surface area contributed by atoms with Gasteiger partial charge in [0.2, 0.25) is 0 Å². The monoisotopic (exact) mass is 466 g/mol. The van der Waals surface area contributed by atoms with Crippen molar-refractivity contribution in [3.8, 4) is 0 Å². The average molecular weight is 466 g/mol. The summed E-state index contributed by atoms with van der Waals surface area (Å²) in [6.45, 7) is 14.9. The van der Waals surface area contributed by atoms with Crippen LogP contribution in [0.5, 0.6) is 0 Å². The number of halogens is 1. The van der Waals surface area contributed by atoms with E-state index in [4.69, 9.17) is 9.73 Å². The highest BCUT2D eigenvalue weighted by Crippen LogP contribution is 2.16. The molecular weight excluding hydrogens is 435 g/mol. The van der Waals surface area contributed by atoms with Crippen LogP contribution in [-0.4, -0.2) is 55.8 Å². The third-order valence-electron chi connectivity index (χ3n) is 4.09. The standard InChI is InChI=1S/C17H30N4OS.HI/c1-5-18-16(19-12-15-7-6-14(2)23-15)20-13-17(3,4)21-8-10-22-11-9-21;/h6-7H,5,8-13H2,1-4H3,(H2,18,19,20);1H. The zero-order chi connectivity index (χ0) is 16.7. The van der Waals surface area contributed by atoms with Gasteiger partial charge in [0.05, 0.1) is 19.8 Å². The van der Waals surface area contributed by atoms with Gasteiger partial charge in [-0.15, -0.1) is 35.3 Å². The number of guanidine groups is 1. The lowest BCUT2D eigenvalue weighted by Gasteiger charge is -2.41. The van der Waals surface area contributed by atoms with Crippen LogP contribution in [-0.2, 0) is 11.3 Å². The van der Waals surface area contributed by atoms with E-state index in [9.17, 15) is 0 Å². The lowest BCUT2D eigenvalue weighted by molar-refractivity contribution is -0.00834. The maximum Gasteiger partial charge on any atom is 0.191 e. The van der Waals surface area contributed by atoms with Gasteiger partial charge in [-0.1, -0.05) is 0 Å². The normalized spacial score (nSPS) is 16.6. The summed E-state index contributed by atoms with van der Waals surface area (Å²) in [4.78, 5) is 9.82. The lowest BCUT2D eigenvalue weighted by atomic mass is 10.0. The summed E-state index contributed by atoms with van der Waals surface area (Å²) in [5.41, 5.74) is 0.0828. The van der Waals surface area contributed by atoms with Crippen molar-refractivity contribution in [2.45, 2.75) is 39.8 Å². The highest BCUT2D eigenvalue weighted by Gasteiger charge is 2.28. The Balaban J connectivity index is 0.00000288. The van der Waals surface area contributed by atoms with Crippen LogP contribution in [0.1, 0.15) is 30.5 Å². The molecule has 5 nitrogen and oxygen atoms in total. The molecule has 1 fully saturated rings. The summed E-state index contributed by atoms with van der Waals surface area (Å²) < 4.78 is 5.45. The van der Waals surface area contributed by atoms with Crippen molar-refractivity contribution in [1.82, 2.24) is 15.5 Å². The first-order valence-electron chi connectivity index (χ1n) is 8.41. The van der Waals surface area contributed by atoms with Gasteiger partial charge >= 0.3 is 0 Å². The quantitative estimate of drug-likeness (QED) is 0.385. The maximum absolute atomic E-state index is 5.45. The molecule has 0 atom stereocenters. The van der Waals surface area contributed by atoms with Gasteiger partial charge in [-0.05, 0) is 39.8 Å². The molecular formula is C17H31IN4OS. The third-order valence-corrected chi connectivity index (χ3v) is 5.07. The van der Waals surface area contributed by atoms with Crippen LogP contribution in [0.4, 0.5) is 0 Å². The number of nitrogens with one attached hydrogen (secondary N) is 2. The number of rotatable bonds is 6. The fraction of sp³-hybridized carbons (Fsp3) is 0.706. The van der Waals surface area contributed by atoms with Gasteiger partial charge in [-0.3, -0.25) is 4.90 Å². The minimum Gasteiger partial charge on any atom is -0.379 e. The first-order valence-corrected chi connectivity index (χ1v) is 9.23. The summed E-state index contributed by atoms with van der Waals surface area (Å²) in [5.74, 6) is 0.889. The molecule has 24 heavy (non-hydrogen) atoms. The van der Waals surface area contributed by atoms with E-state index in [0.717, 1.165) is 51.9 Å². The third kappa shape index (κ3) is 6.85. The molecule has 2 rings (SSSR count). The smallest absolute Gasteiger partial charge is 0.191 e. The molecule has 0 aromatic carbocycles. The first kappa shape index (κ1) is 21.7. The molecule has 1 aromatic rings. The molecule has 0 aliphatic carbocycles. The zero-order valence-corrected chi connectivity index (χ0v) is 18.4. The van der Waals surface area contributed by atoms with Crippen LogP contribution < -0.4 is 10.6 Å². The molecule has 0 amide bonds. The molecule has 7 heteroatoms. The summed E-state index contributed by atoms with van der Waals surface area (Å²) in [6, 6.07) is 4.31. The van der Waals surface area contributed by atoms with E-state index in [1.54, 1.807) is 0 Å². The summed E-state index contributed by atoms with van der Waals surface area (Å²) in [7, 11) is 0. The fourth-order valence-electron chi connectivity index (χ4n) is 2.65. The number of nitrogens with zero attached hydrogens (tertiary/aromatic N) is 2. The Bertz CT molecular complexity index is 512. The van der Waals surface area contributed by atoms with Gasteiger partial charge in [-0.25, -0.2) is 4.99 Å². The van der Waals surface area contributed by atoms with Crippen molar-refractivity contribution in [1.29, 1.82) is 0 Å². The molecule has 1 aliphatic heterocycles. The van der Waals surface area contributed by atoms with Crippen LogP contribution in [0.3, 0.4) is 0 Å². The van der Waals surface area contributed by atoms with E-state index in [-0.39, 0.29) is 29.5 Å². The Morgan fingerprint density at radius 1 is 1.29 bits per heavy atom. The van der Waals surface area contributed by atoms with Crippen LogP contribution >= 0.6 is 35.3 Å². The second kappa shape index (κ2) is 10.6. The SMILES string of the molecule is CCNC(=NCc1ccc(C)s1)NCC(C)(C)N1CCOCC1.I. The Hall–Kier alpha value is -0.380. The van der Waals surface area contributed by atoms with Crippen LogP contribution in [0.25, 0.3) is 0 Å². The number of hydrogen-bond donors (Lipinski definition) is 2. The van der Waals surface area contributed by atoms with Gasteiger partial charge in [0, 0.05) is 41.5 Å². The van der Waals surface area contributed by atoms with Crippen LogP contribution in [0, 0.1) is 6.92 Å². The van der Waals surface area contributed by atoms with E-state index < -0.39 is 0 Å². The van der Waals surface area contributed by atoms with E-state index >= 15 is 0 Å². The molecule has 2 N–H and O–H groups in total. The Morgan fingerprint density at radius 3 is 2.58 bits per heavy atom. The van der Waals surface area contributed by atoms with Crippen molar-refractivity contribution in [3.05, 3.63) is 21.9 Å². The van der Waals surface area contributed by atoms with Gasteiger partial charge < -0.3 is 15.4 Å². The maximum atomic E-state index is 5.45. The molecule has 1 aliphatic rings. The van der Waals surface area contributed by atoms with Gasteiger partial charge in [-0.2, -0.15) is 0 Å². The highest BCUT2D eigenvalue weighted by molar-refractivity contribution is 14.0. The largest absolute Gasteiger partial charge is 0.379 e. The van der Waals surface area contributed by atoms with Crippen molar-refractivity contribution in [3.63, 3.8) is 0 Å². The predicted octanol–water partition coefficient (Wildman–Crippen LogP) is 2.84. The van der Waals surface area contributed by atoms with E-state index in [1.807, 2.05) is 11.3 Å². The molecule has 0 bridgehead atoms. The number of aliphatic imine (C=N–C) groups is 1. The predicted molar refractivity (Wildman–Crippen MR) is 114 cm³/mol. The number of aryl methyl sites for hydroxylation is 1. The average Bonchev–Trinajstić information content (AvgIpc) is 2.96. The molecule has 0 saturated carbocycles. The lowest BCUT2D eigenvalue weighted by Crippen LogP contribution is -2.56. The molecule has 138 valence electrons.